The van der Waals surface area contributed by atoms with E-state index < -0.39 is 15.8 Å². The van der Waals surface area contributed by atoms with Gasteiger partial charge >= 0.3 is 0 Å². The van der Waals surface area contributed by atoms with Crippen molar-refractivity contribution in [2.24, 2.45) is 5.92 Å². The lowest BCUT2D eigenvalue weighted by molar-refractivity contribution is -0.385. The molecule has 31 heavy (non-hydrogen) atoms. The van der Waals surface area contributed by atoms with Crippen LogP contribution < -0.4 is 0 Å². The fourth-order valence-electron chi connectivity index (χ4n) is 3.76. The first-order valence-electron chi connectivity index (χ1n) is 9.63. The van der Waals surface area contributed by atoms with Crippen LogP contribution >= 0.6 is 0 Å². The molecule has 154 valence electrons. The predicted molar refractivity (Wildman–Crippen MR) is 115 cm³/mol. The van der Waals surface area contributed by atoms with Gasteiger partial charge in [-0.2, -0.15) is 10.5 Å². The van der Waals surface area contributed by atoms with Crippen molar-refractivity contribution in [3.05, 3.63) is 91.0 Å². The van der Waals surface area contributed by atoms with Crippen LogP contribution in [0.4, 0.5) is 11.4 Å². The Labute approximate surface area is 178 Å². The molecule has 0 unspecified atom stereocenters. The van der Waals surface area contributed by atoms with Gasteiger partial charge in [0.25, 0.3) is 11.4 Å². The summed E-state index contributed by atoms with van der Waals surface area (Å²) >= 11 is 0. The molecular formula is C23H18N4O4. The first kappa shape index (κ1) is 21.4. The lowest BCUT2D eigenvalue weighted by Gasteiger charge is -2.15. The quantitative estimate of drug-likeness (QED) is 0.502. The Morgan fingerprint density at radius 3 is 1.65 bits per heavy atom. The molecule has 2 aliphatic rings. The average molecular weight is 414 g/mol. The topological polar surface area (TPSA) is 134 Å². The number of benzene rings is 2. The molecule has 8 heteroatoms. The minimum atomic E-state index is -0.628. The molecule has 4 rings (SSSR count). The zero-order valence-corrected chi connectivity index (χ0v) is 16.7. The molecule has 0 heterocycles. The minimum absolute atomic E-state index is 0.0188. The van der Waals surface area contributed by atoms with Crippen LogP contribution in [-0.4, -0.2) is 9.85 Å². The number of nitrogens with zero attached hydrogens (tertiary/aromatic N) is 4. The standard InChI is InChI=1S/C20H13N3O4.C3H5N/c21-11-20(16-7-3-12-1-5-14(22(24)25)9-18(12)16)17-8-4-13-2-6-15(23(26)27)10-19(13)17;1-2-3-4/h1-2,5-10,20H,3-4H2;2H2,1H3. The van der Waals surface area contributed by atoms with Gasteiger partial charge in [-0.3, -0.25) is 20.2 Å². The Kier molecular flexibility index (Phi) is 6.23. The largest absolute Gasteiger partial charge is 0.270 e. The highest BCUT2D eigenvalue weighted by Crippen LogP contribution is 2.44. The first-order chi connectivity index (χ1) is 14.9. The molecule has 0 amide bonds. The summed E-state index contributed by atoms with van der Waals surface area (Å²) in [7, 11) is 0. The van der Waals surface area contributed by atoms with Gasteiger partial charge in [-0.25, -0.2) is 0 Å². The summed E-state index contributed by atoms with van der Waals surface area (Å²) < 4.78 is 0. The molecule has 0 bridgehead atoms. The summed E-state index contributed by atoms with van der Waals surface area (Å²) in [6.45, 7) is 1.82. The van der Waals surface area contributed by atoms with Crippen LogP contribution in [0.25, 0.3) is 11.1 Å². The van der Waals surface area contributed by atoms with Crippen LogP contribution in [0, 0.1) is 48.8 Å². The van der Waals surface area contributed by atoms with E-state index in [1.807, 2.05) is 25.1 Å². The number of nitriles is 2. The molecule has 0 saturated carbocycles. The molecule has 0 fully saturated rings. The van der Waals surface area contributed by atoms with Crippen LogP contribution in [0.5, 0.6) is 0 Å². The summed E-state index contributed by atoms with van der Waals surface area (Å²) in [5.41, 5.74) is 4.70. The van der Waals surface area contributed by atoms with Gasteiger partial charge in [0.05, 0.1) is 27.9 Å². The van der Waals surface area contributed by atoms with E-state index in [0.29, 0.717) is 30.4 Å². The Bertz CT molecular complexity index is 1130. The fourth-order valence-corrected chi connectivity index (χ4v) is 3.76. The van der Waals surface area contributed by atoms with Crippen molar-refractivity contribution in [2.45, 2.75) is 26.2 Å². The zero-order chi connectivity index (χ0) is 22.5. The van der Waals surface area contributed by atoms with Gasteiger partial charge in [-0.1, -0.05) is 31.2 Å². The van der Waals surface area contributed by atoms with Gasteiger partial charge in [-0.15, -0.1) is 0 Å². The lowest BCUT2D eigenvalue weighted by atomic mass is 9.85. The molecule has 0 saturated heterocycles. The number of nitro benzene ring substituents is 2. The van der Waals surface area contributed by atoms with Gasteiger partial charge in [0, 0.05) is 30.7 Å². The number of rotatable bonds is 4. The van der Waals surface area contributed by atoms with Crippen LogP contribution in [-0.2, 0) is 12.8 Å². The van der Waals surface area contributed by atoms with Crippen molar-refractivity contribution in [3.63, 3.8) is 0 Å². The van der Waals surface area contributed by atoms with Crippen LogP contribution in [0.2, 0.25) is 0 Å². The highest BCUT2D eigenvalue weighted by molar-refractivity contribution is 5.90. The van der Waals surface area contributed by atoms with E-state index in [9.17, 15) is 25.5 Å². The summed E-state index contributed by atoms with van der Waals surface area (Å²) in [6, 6.07) is 13.6. The van der Waals surface area contributed by atoms with Gasteiger partial charge < -0.3 is 0 Å². The van der Waals surface area contributed by atoms with Gasteiger partial charge in [0.15, 0.2) is 0 Å². The maximum atomic E-state index is 11.1. The second-order valence-electron chi connectivity index (χ2n) is 7.00. The van der Waals surface area contributed by atoms with E-state index >= 15 is 0 Å². The normalized spacial score (nSPS) is 13.0. The maximum Gasteiger partial charge on any atom is 0.270 e. The molecule has 2 aromatic rings. The molecular weight excluding hydrogens is 396 g/mol. The second kappa shape index (κ2) is 9.02. The highest BCUT2D eigenvalue weighted by Gasteiger charge is 2.31. The SMILES string of the molecule is CCC#N.N#CC(C1=CCc2ccc([N+](=O)[O-])cc21)C1=CCc2ccc([N+](=O)[O-])cc21. The Hall–Kier alpha value is -4.30. The lowest BCUT2D eigenvalue weighted by Crippen LogP contribution is -2.04. The van der Waals surface area contributed by atoms with E-state index in [-0.39, 0.29) is 11.4 Å². The zero-order valence-electron chi connectivity index (χ0n) is 16.7. The number of allylic oxidation sites excluding steroid dienone is 4. The molecule has 0 aromatic heterocycles. The number of fused-ring (bicyclic) bond motifs is 2. The van der Waals surface area contributed by atoms with Crippen molar-refractivity contribution >= 4 is 22.5 Å². The predicted octanol–water partition coefficient (Wildman–Crippen LogP) is 5.14. The van der Waals surface area contributed by atoms with Gasteiger partial charge in [0.2, 0.25) is 0 Å². The molecule has 0 atom stereocenters. The van der Waals surface area contributed by atoms with Crippen LogP contribution in [0.15, 0.2) is 48.6 Å². The van der Waals surface area contributed by atoms with Crippen LogP contribution in [0.3, 0.4) is 0 Å². The summed E-state index contributed by atoms with van der Waals surface area (Å²) in [4.78, 5) is 21.3. The van der Waals surface area contributed by atoms with Crippen LogP contribution in [0.1, 0.15) is 35.6 Å². The summed E-state index contributed by atoms with van der Waals surface area (Å²) in [5.74, 6) is -0.628. The molecule has 8 nitrogen and oxygen atoms in total. The van der Waals surface area contributed by atoms with E-state index in [4.69, 9.17) is 5.26 Å². The number of non-ortho nitro benzene ring substituents is 2. The van der Waals surface area contributed by atoms with E-state index in [1.54, 1.807) is 12.1 Å². The average Bonchev–Trinajstić information content (AvgIpc) is 3.38. The summed E-state index contributed by atoms with van der Waals surface area (Å²) in [6.07, 6.45) is 5.67. The molecule has 0 radical (unpaired) electrons. The number of hydrogen-bond donors (Lipinski definition) is 0. The van der Waals surface area contributed by atoms with Crippen molar-refractivity contribution < 1.29 is 9.85 Å². The van der Waals surface area contributed by atoms with Crippen molar-refractivity contribution in [1.82, 2.24) is 0 Å². The number of nitro groups is 2. The number of hydrogen-bond acceptors (Lipinski definition) is 6. The Morgan fingerprint density at radius 2 is 1.32 bits per heavy atom. The monoisotopic (exact) mass is 414 g/mol. The summed E-state index contributed by atoms with van der Waals surface area (Å²) in [5, 5.41) is 39.7. The van der Waals surface area contributed by atoms with Crippen molar-refractivity contribution in [3.8, 4) is 12.1 Å². The smallest absolute Gasteiger partial charge is 0.258 e. The fraction of sp³-hybridized carbons (Fsp3) is 0.217. The van der Waals surface area contributed by atoms with Gasteiger partial charge in [0.1, 0.15) is 0 Å². The highest BCUT2D eigenvalue weighted by atomic mass is 16.6. The maximum absolute atomic E-state index is 11.1. The third kappa shape index (κ3) is 4.19. The van der Waals surface area contributed by atoms with E-state index in [1.165, 1.54) is 24.3 Å². The Balaban J connectivity index is 0.000000628. The van der Waals surface area contributed by atoms with E-state index in [0.717, 1.165) is 22.3 Å². The molecule has 0 spiro atoms. The van der Waals surface area contributed by atoms with Gasteiger partial charge in [-0.05, 0) is 46.2 Å². The molecule has 0 aliphatic heterocycles. The molecule has 2 aromatic carbocycles. The van der Waals surface area contributed by atoms with Crippen molar-refractivity contribution in [2.75, 3.05) is 0 Å². The third-order valence-electron chi connectivity index (χ3n) is 5.22. The minimum Gasteiger partial charge on any atom is -0.258 e. The second-order valence-corrected chi connectivity index (χ2v) is 7.00. The third-order valence-corrected chi connectivity index (χ3v) is 5.22. The molecule has 2 aliphatic carbocycles. The van der Waals surface area contributed by atoms with E-state index in [2.05, 4.69) is 6.07 Å². The van der Waals surface area contributed by atoms with Crippen molar-refractivity contribution in [1.29, 1.82) is 10.5 Å². The first-order valence-corrected chi connectivity index (χ1v) is 9.63. The Morgan fingerprint density at radius 1 is 0.903 bits per heavy atom. The molecule has 0 N–H and O–H groups in total.